The number of fused-ring (bicyclic) bond motifs is 1. The van der Waals surface area contributed by atoms with Crippen LogP contribution < -0.4 is 10.1 Å². The van der Waals surface area contributed by atoms with Crippen LogP contribution in [-0.2, 0) is 0 Å². The molecular formula is C23H17ClN2O2. The van der Waals surface area contributed by atoms with Crippen molar-refractivity contribution in [1.82, 2.24) is 4.98 Å². The number of amides is 1. The summed E-state index contributed by atoms with van der Waals surface area (Å²) in [5, 5.41) is 4.17. The molecule has 3 aromatic carbocycles. The monoisotopic (exact) mass is 388 g/mol. The molecule has 1 N–H and O–H groups in total. The van der Waals surface area contributed by atoms with E-state index in [4.69, 9.17) is 21.3 Å². The van der Waals surface area contributed by atoms with Crippen LogP contribution in [0.3, 0.4) is 0 Å². The summed E-state index contributed by atoms with van der Waals surface area (Å²) in [5.41, 5.74) is 3.47. The molecule has 0 spiro atoms. The second-order valence-corrected chi connectivity index (χ2v) is 6.64. The smallest absolute Gasteiger partial charge is 0.256 e. The molecule has 4 rings (SSSR count). The van der Waals surface area contributed by atoms with Gasteiger partial charge in [0, 0.05) is 10.9 Å². The van der Waals surface area contributed by atoms with E-state index in [2.05, 4.69) is 5.32 Å². The van der Waals surface area contributed by atoms with Gasteiger partial charge in [0.2, 0.25) is 0 Å². The number of halogens is 1. The molecule has 4 nitrogen and oxygen atoms in total. The van der Waals surface area contributed by atoms with Crippen LogP contribution in [0.4, 0.5) is 5.69 Å². The lowest BCUT2D eigenvalue weighted by atomic mass is 10.0. The lowest BCUT2D eigenvalue weighted by Crippen LogP contribution is -2.13. The topological polar surface area (TPSA) is 51.2 Å². The molecule has 28 heavy (non-hydrogen) atoms. The van der Waals surface area contributed by atoms with E-state index < -0.39 is 0 Å². The molecule has 1 amide bonds. The van der Waals surface area contributed by atoms with Crippen LogP contribution >= 0.6 is 11.6 Å². The highest BCUT2D eigenvalue weighted by Gasteiger charge is 2.15. The van der Waals surface area contributed by atoms with Gasteiger partial charge >= 0.3 is 0 Å². The van der Waals surface area contributed by atoms with Gasteiger partial charge in [-0.1, -0.05) is 41.9 Å². The maximum absolute atomic E-state index is 13.0. The Bertz CT molecular complexity index is 1160. The fourth-order valence-corrected chi connectivity index (χ4v) is 3.21. The Hall–Kier alpha value is -3.37. The molecule has 0 aliphatic rings. The Morgan fingerprint density at radius 1 is 0.964 bits per heavy atom. The number of carbonyl (C=O) groups is 1. The van der Waals surface area contributed by atoms with Crippen LogP contribution in [0.1, 0.15) is 10.4 Å². The molecule has 0 bridgehead atoms. The first-order chi connectivity index (χ1) is 13.7. The predicted octanol–water partition coefficient (Wildman–Crippen LogP) is 5.82. The minimum absolute atomic E-state index is 0.235. The summed E-state index contributed by atoms with van der Waals surface area (Å²) in [7, 11) is 1.63. The van der Waals surface area contributed by atoms with Gasteiger partial charge in [-0.05, 0) is 48.5 Å². The normalized spacial score (nSPS) is 10.6. The van der Waals surface area contributed by atoms with Crippen LogP contribution in [-0.4, -0.2) is 18.0 Å². The standard InChI is InChI=1S/C23H17ClN2O2/c1-28-16-12-10-15(11-13-16)22-14-18(17-6-2-4-8-20(17)25-22)23(27)26-21-9-5-3-7-19(21)24/h2-14H,1H3,(H,26,27). The number of hydrogen-bond donors (Lipinski definition) is 1. The number of nitrogens with zero attached hydrogens (tertiary/aromatic N) is 1. The van der Waals surface area contributed by atoms with E-state index in [1.54, 1.807) is 25.3 Å². The number of aromatic nitrogens is 1. The molecule has 1 heterocycles. The number of benzene rings is 3. The van der Waals surface area contributed by atoms with Gasteiger partial charge in [-0.15, -0.1) is 0 Å². The number of anilines is 1. The van der Waals surface area contributed by atoms with Crippen LogP contribution in [0.15, 0.2) is 78.9 Å². The van der Waals surface area contributed by atoms with Crippen molar-refractivity contribution in [2.45, 2.75) is 0 Å². The number of carbonyl (C=O) groups excluding carboxylic acids is 1. The minimum atomic E-state index is -0.235. The van der Waals surface area contributed by atoms with Crippen LogP contribution in [0.2, 0.25) is 5.02 Å². The molecule has 5 heteroatoms. The molecule has 138 valence electrons. The van der Waals surface area contributed by atoms with Gasteiger partial charge in [0.05, 0.1) is 34.6 Å². The SMILES string of the molecule is COc1ccc(-c2cc(C(=O)Nc3ccccc3Cl)c3ccccc3n2)cc1. The molecule has 0 fully saturated rings. The molecule has 0 atom stereocenters. The lowest BCUT2D eigenvalue weighted by molar-refractivity contribution is 0.102. The van der Waals surface area contributed by atoms with Gasteiger partial charge in [-0.2, -0.15) is 0 Å². The Labute approximate surface area is 167 Å². The number of rotatable bonds is 4. The molecule has 1 aromatic heterocycles. The van der Waals surface area contributed by atoms with E-state index in [1.165, 1.54) is 0 Å². The third kappa shape index (κ3) is 3.55. The predicted molar refractivity (Wildman–Crippen MR) is 113 cm³/mol. The Morgan fingerprint density at radius 2 is 1.68 bits per heavy atom. The van der Waals surface area contributed by atoms with Crippen molar-refractivity contribution in [3.8, 4) is 17.0 Å². The average Bonchev–Trinajstić information content (AvgIpc) is 2.74. The summed E-state index contributed by atoms with van der Waals surface area (Å²) in [6, 6.07) is 24.1. The van der Waals surface area contributed by atoms with E-state index in [1.807, 2.05) is 60.7 Å². The number of nitrogens with one attached hydrogen (secondary N) is 1. The number of para-hydroxylation sites is 2. The van der Waals surface area contributed by atoms with Crippen molar-refractivity contribution in [2.75, 3.05) is 12.4 Å². The number of ether oxygens (including phenoxy) is 1. The van der Waals surface area contributed by atoms with Crippen molar-refractivity contribution in [3.05, 3.63) is 89.4 Å². The highest BCUT2D eigenvalue weighted by molar-refractivity contribution is 6.34. The lowest BCUT2D eigenvalue weighted by Gasteiger charge is -2.12. The first kappa shape index (κ1) is 18.0. The zero-order valence-corrected chi connectivity index (χ0v) is 15.9. The van der Waals surface area contributed by atoms with E-state index in [9.17, 15) is 4.79 Å². The van der Waals surface area contributed by atoms with Crippen LogP contribution in [0.5, 0.6) is 5.75 Å². The molecule has 0 aliphatic heterocycles. The van der Waals surface area contributed by atoms with Gasteiger partial charge in [0.15, 0.2) is 0 Å². The second kappa shape index (κ2) is 7.71. The largest absolute Gasteiger partial charge is 0.497 e. The zero-order chi connectivity index (χ0) is 19.5. The Morgan fingerprint density at radius 3 is 2.43 bits per heavy atom. The average molecular weight is 389 g/mol. The first-order valence-electron chi connectivity index (χ1n) is 8.76. The van der Waals surface area contributed by atoms with E-state index in [0.717, 1.165) is 22.2 Å². The fourth-order valence-electron chi connectivity index (χ4n) is 3.03. The molecule has 0 saturated carbocycles. The third-order valence-corrected chi connectivity index (χ3v) is 4.80. The highest BCUT2D eigenvalue weighted by atomic mass is 35.5. The summed E-state index contributed by atoms with van der Waals surface area (Å²) < 4.78 is 5.22. The molecule has 4 aromatic rings. The quantitative estimate of drug-likeness (QED) is 0.479. The molecule has 0 unspecified atom stereocenters. The van der Waals surface area contributed by atoms with Gasteiger partial charge in [0.25, 0.3) is 5.91 Å². The van der Waals surface area contributed by atoms with Crippen molar-refractivity contribution >= 4 is 34.1 Å². The van der Waals surface area contributed by atoms with Crippen LogP contribution in [0, 0.1) is 0 Å². The number of pyridine rings is 1. The summed E-state index contributed by atoms with van der Waals surface area (Å²) in [4.78, 5) is 17.8. The number of hydrogen-bond acceptors (Lipinski definition) is 3. The van der Waals surface area contributed by atoms with E-state index >= 15 is 0 Å². The van der Waals surface area contributed by atoms with Crippen molar-refractivity contribution < 1.29 is 9.53 Å². The summed E-state index contributed by atoms with van der Waals surface area (Å²) in [6.45, 7) is 0. The summed E-state index contributed by atoms with van der Waals surface area (Å²) in [6.07, 6.45) is 0. The van der Waals surface area contributed by atoms with Crippen LogP contribution in [0.25, 0.3) is 22.2 Å². The summed E-state index contributed by atoms with van der Waals surface area (Å²) in [5.74, 6) is 0.530. The number of methoxy groups -OCH3 is 1. The van der Waals surface area contributed by atoms with Gasteiger partial charge in [-0.3, -0.25) is 4.79 Å². The fraction of sp³-hybridized carbons (Fsp3) is 0.0435. The summed E-state index contributed by atoms with van der Waals surface area (Å²) >= 11 is 6.19. The van der Waals surface area contributed by atoms with Gasteiger partial charge in [-0.25, -0.2) is 4.98 Å². The molecule has 0 radical (unpaired) electrons. The van der Waals surface area contributed by atoms with Gasteiger partial charge in [0.1, 0.15) is 5.75 Å². The highest BCUT2D eigenvalue weighted by Crippen LogP contribution is 2.28. The van der Waals surface area contributed by atoms with E-state index in [0.29, 0.717) is 22.0 Å². The van der Waals surface area contributed by atoms with Crippen molar-refractivity contribution in [3.63, 3.8) is 0 Å². The minimum Gasteiger partial charge on any atom is -0.497 e. The Kier molecular flexibility index (Phi) is 4.96. The Balaban J connectivity index is 1.80. The van der Waals surface area contributed by atoms with Crippen molar-refractivity contribution in [2.24, 2.45) is 0 Å². The maximum Gasteiger partial charge on any atom is 0.256 e. The molecule has 0 saturated heterocycles. The van der Waals surface area contributed by atoms with Crippen molar-refractivity contribution in [1.29, 1.82) is 0 Å². The molecular weight excluding hydrogens is 372 g/mol. The third-order valence-electron chi connectivity index (χ3n) is 4.47. The molecule has 0 aliphatic carbocycles. The van der Waals surface area contributed by atoms with E-state index in [-0.39, 0.29) is 5.91 Å². The zero-order valence-electron chi connectivity index (χ0n) is 15.1. The second-order valence-electron chi connectivity index (χ2n) is 6.23. The maximum atomic E-state index is 13.0. The first-order valence-corrected chi connectivity index (χ1v) is 9.13. The van der Waals surface area contributed by atoms with Gasteiger partial charge < -0.3 is 10.1 Å².